The first kappa shape index (κ1) is 23.4. The van der Waals surface area contributed by atoms with E-state index in [4.69, 9.17) is 9.16 Å². The van der Waals surface area contributed by atoms with Crippen LogP contribution < -0.4 is 5.32 Å². The maximum Gasteiger partial charge on any atom is 0.410 e. The Labute approximate surface area is 150 Å². The van der Waals surface area contributed by atoms with Gasteiger partial charge in [0.2, 0.25) is 0 Å². The van der Waals surface area contributed by atoms with Gasteiger partial charge in [0.15, 0.2) is 8.32 Å². The predicted octanol–water partition coefficient (Wildman–Crippen LogP) is 4.10. The highest BCUT2D eigenvalue weighted by molar-refractivity contribution is 6.74. The van der Waals surface area contributed by atoms with Crippen molar-refractivity contribution in [2.24, 2.45) is 5.92 Å². The lowest BCUT2D eigenvalue weighted by Crippen LogP contribution is -2.50. The molecule has 0 saturated heterocycles. The van der Waals surface area contributed by atoms with E-state index in [9.17, 15) is 4.79 Å². The van der Waals surface area contributed by atoms with Gasteiger partial charge < -0.3 is 19.4 Å². The van der Waals surface area contributed by atoms with Crippen LogP contribution in [0.4, 0.5) is 4.79 Å². The van der Waals surface area contributed by atoms with Gasteiger partial charge in [-0.05, 0) is 58.4 Å². The van der Waals surface area contributed by atoms with Gasteiger partial charge in [0.05, 0.1) is 6.10 Å². The lowest BCUT2D eigenvalue weighted by Gasteiger charge is -2.42. The second-order valence-corrected chi connectivity index (χ2v) is 14.1. The van der Waals surface area contributed by atoms with Gasteiger partial charge in [-0.1, -0.05) is 27.7 Å². The molecule has 0 bridgehead atoms. The van der Waals surface area contributed by atoms with E-state index in [1.54, 1.807) is 11.9 Å². The molecular weight excluding hydrogens is 320 g/mol. The predicted molar refractivity (Wildman–Crippen MR) is 104 cm³/mol. The highest BCUT2D eigenvalue weighted by atomic mass is 28.4. The summed E-state index contributed by atoms with van der Waals surface area (Å²) in [6, 6.07) is 0. The third kappa shape index (κ3) is 7.99. The van der Waals surface area contributed by atoms with Crippen LogP contribution in [-0.2, 0) is 9.16 Å². The van der Waals surface area contributed by atoms with Gasteiger partial charge >= 0.3 is 6.09 Å². The Kier molecular flexibility index (Phi) is 8.46. The molecule has 0 aromatic rings. The average Bonchev–Trinajstić information content (AvgIpc) is 2.34. The van der Waals surface area contributed by atoms with Crippen molar-refractivity contribution in [2.45, 2.75) is 78.3 Å². The molecule has 0 aromatic carbocycles. The number of hydrogen-bond acceptors (Lipinski definition) is 4. The molecule has 0 aliphatic heterocycles. The summed E-state index contributed by atoms with van der Waals surface area (Å²) < 4.78 is 12.1. The third-order valence-electron chi connectivity index (χ3n) is 4.57. The van der Waals surface area contributed by atoms with Gasteiger partial charge in [-0.25, -0.2) is 4.79 Å². The maximum atomic E-state index is 12.3. The van der Waals surface area contributed by atoms with E-state index in [0.717, 1.165) is 6.54 Å². The highest BCUT2D eigenvalue weighted by Crippen LogP contribution is 2.38. The van der Waals surface area contributed by atoms with Crippen molar-refractivity contribution < 1.29 is 14.0 Å². The molecule has 0 aromatic heterocycles. The lowest BCUT2D eigenvalue weighted by atomic mass is 10.0. The summed E-state index contributed by atoms with van der Waals surface area (Å²) in [5.41, 5.74) is -0.488. The van der Waals surface area contributed by atoms with Crippen LogP contribution in [0, 0.1) is 5.92 Å². The van der Waals surface area contributed by atoms with Crippen molar-refractivity contribution in [1.82, 2.24) is 10.2 Å². The van der Waals surface area contributed by atoms with E-state index in [2.05, 4.69) is 46.1 Å². The zero-order chi connectivity index (χ0) is 19.3. The largest absolute Gasteiger partial charge is 0.444 e. The fraction of sp³-hybridized carbons (Fsp3) is 0.944. The van der Waals surface area contributed by atoms with E-state index < -0.39 is 13.9 Å². The van der Waals surface area contributed by atoms with Crippen molar-refractivity contribution in [3.63, 3.8) is 0 Å². The molecule has 5 nitrogen and oxygen atoms in total. The van der Waals surface area contributed by atoms with Crippen molar-refractivity contribution in [1.29, 1.82) is 0 Å². The number of carbonyl (C=O) groups is 1. The monoisotopic (exact) mass is 360 g/mol. The molecule has 0 heterocycles. The smallest absolute Gasteiger partial charge is 0.410 e. The minimum atomic E-state index is -1.91. The molecular formula is C18H40N2O3Si. The van der Waals surface area contributed by atoms with E-state index in [1.807, 2.05) is 27.8 Å². The van der Waals surface area contributed by atoms with Gasteiger partial charge in [-0.15, -0.1) is 0 Å². The molecule has 0 radical (unpaired) electrons. The molecule has 0 fully saturated rings. The number of rotatable bonds is 7. The van der Waals surface area contributed by atoms with Gasteiger partial charge in [0, 0.05) is 13.6 Å². The molecule has 0 saturated carbocycles. The second kappa shape index (κ2) is 8.67. The average molecular weight is 361 g/mol. The number of likely N-dealkylation sites (N-methyl/N-ethyl adjacent to an activating group) is 1. The fourth-order valence-corrected chi connectivity index (χ4v) is 3.44. The highest BCUT2D eigenvalue weighted by Gasteiger charge is 2.40. The quantitative estimate of drug-likeness (QED) is 0.695. The Balaban J connectivity index is 5.13. The Morgan fingerprint density at radius 3 is 2.04 bits per heavy atom. The van der Waals surface area contributed by atoms with Crippen LogP contribution in [0.3, 0.4) is 0 Å². The summed E-state index contributed by atoms with van der Waals surface area (Å²) in [7, 11) is 1.81. The molecule has 24 heavy (non-hydrogen) atoms. The van der Waals surface area contributed by atoms with Crippen LogP contribution in [0.25, 0.3) is 0 Å². The summed E-state index contributed by atoms with van der Waals surface area (Å²) in [4.78, 5) is 13.9. The second-order valence-electron chi connectivity index (χ2n) is 9.31. The van der Waals surface area contributed by atoms with Gasteiger partial charge in [0.1, 0.15) is 5.60 Å². The van der Waals surface area contributed by atoms with E-state index in [1.165, 1.54) is 0 Å². The number of carbonyl (C=O) groups excluding carboxylic acids is 1. The van der Waals surface area contributed by atoms with Crippen LogP contribution in [0.1, 0.15) is 48.5 Å². The molecule has 0 unspecified atom stereocenters. The van der Waals surface area contributed by atoms with Crippen molar-refractivity contribution in [3.05, 3.63) is 0 Å². The molecule has 1 amide bonds. The zero-order valence-corrected chi connectivity index (χ0v) is 18.7. The molecule has 0 rings (SSSR count). The lowest BCUT2D eigenvalue weighted by molar-refractivity contribution is 0.0167. The standard InChI is InChI=1S/C18H40N2O3Si/c1-14(12-19-8)15(23-24(10,11)18(5,6)7)13-20(9)16(21)22-17(2,3)4/h14-15,19H,12-13H2,1-11H3/t14-,15+/m1/s1. The van der Waals surface area contributed by atoms with Crippen LogP contribution >= 0.6 is 0 Å². The summed E-state index contributed by atoms with van der Waals surface area (Å²) in [5, 5.41) is 3.35. The first-order valence-corrected chi connectivity index (χ1v) is 11.8. The van der Waals surface area contributed by atoms with Crippen LogP contribution in [0.5, 0.6) is 0 Å². The van der Waals surface area contributed by atoms with Gasteiger partial charge in [-0.2, -0.15) is 0 Å². The molecule has 0 aliphatic carbocycles. The molecule has 2 atom stereocenters. The fourth-order valence-electron chi connectivity index (χ4n) is 2.03. The minimum absolute atomic E-state index is 0.0177. The summed E-state index contributed by atoms with van der Waals surface area (Å²) >= 11 is 0. The van der Waals surface area contributed by atoms with Crippen LogP contribution in [-0.4, -0.2) is 58.2 Å². The molecule has 144 valence electrons. The molecule has 0 spiro atoms. The Bertz CT molecular complexity index is 400. The van der Waals surface area contributed by atoms with Crippen molar-refractivity contribution in [2.75, 3.05) is 27.2 Å². The maximum absolute atomic E-state index is 12.3. The summed E-state index contributed by atoms with van der Waals surface area (Å²) in [6.45, 7) is 20.4. The number of hydrogen-bond donors (Lipinski definition) is 1. The van der Waals surface area contributed by atoms with Crippen molar-refractivity contribution in [3.8, 4) is 0 Å². The summed E-state index contributed by atoms with van der Waals surface area (Å²) in [6.07, 6.45) is -0.321. The Morgan fingerprint density at radius 1 is 1.17 bits per heavy atom. The first-order valence-electron chi connectivity index (χ1n) is 8.87. The third-order valence-corrected chi connectivity index (χ3v) is 9.08. The number of ether oxygens (including phenoxy) is 1. The van der Waals surface area contributed by atoms with E-state index in [-0.39, 0.29) is 17.2 Å². The molecule has 1 N–H and O–H groups in total. The van der Waals surface area contributed by atoms with Gasteiger partial charge in [0.25, 0.3) is 0 Å². The van der Waals surface area contributed by atoms with Crippen LogP contribution in [0.15, 0.2) is 0 Å². The number of amides is 1. The zero-order valence-electron chi connectivity index (χ0n) is 17.7. The Morgan fingerprint density at radius 2 is 1.67 bits per heavy atom. The molecule has 0 aliphatic rings. The minimum Gasteiger partial charge on any atom is -0.444 e. The van der Waals surface area contributed by atoms with Gasteiger partial charge in [-0.3, -0.25) is 0 Å². The first-order chi connectivity index (χ1) is 10.6. The van der Waals surface area contributed by atoms with Crippen LogP contribution in [0.2, 0.25) is 18.1 Å². The normalized spacial score (nSPS) is 15.8. The summed E-state index contributed by atoms with van der Waals surface area (Å²) in [5.74, 6) is 0.300. The number of nitrogens with zero attached hydrogens (tertiary/aromatic N) is 1. The SMILES string of the molecule is CNC[C@@H](C)[C@H](CN(C)C(=O)OC(C)(C)C)O[Si](C)(C)C(C)(C)C. The van der Waals surface area contributed by atoms with E-state index in [0.29, 0.717) is 12.5 Å². The Hall–Kier alpha value is -0.593. The number of nitrogens with one attached hydrogen (secondary N) is 1. The van der Waals surface area contributed by atoms with E-state index >= 15 is 0 Å². The topological polar surface area (TPSA) is 50.8 Å². The van der Waals surface area contributed by atoms with Crippen molar-refractivity contribution >= 4 is 14.4 Å². The molecule has 6 heteroatoms.